The summed E-state index contributed by atoms with van der Waals surface area (Å²) in [6, 6.07) is 0. The van der Waals surface area contributed by atoms with Gasteiger partial charge < -0.3 is 19.4 Å². The SMILES string of the molecule is CCOC(=O)/C=C(/C)O.C[Si](C)(C)O.C[Si](C)(C)O.[Ti]. The maximum Gasteiger partial charge on any atom is 0.334 e. The quantitative estimate of drug-likeness (QED) is 0.306. The Bertz CT molecular complexity index is 242. The third kappa shape index (κ3) is 105. The van der Waals surface area contributed by atoms with Crippen LogP contribution < -0.4 is 0 Å². The van der Waals surface area contributed by atoms with Gasteiger partial charge in [0, 0.05) is 21.7 Å². The summed E-state index contributed by atoms with van der Waals surface area (Å²) in [4.78, 5) is 27.7. The van der Waals surface area contributed by atoms with Crippen molar-refractivity contribution in [1.82, 2.24) is 0 Å². The van der Waals surface area contributed by atoms with Gasteiger partial charge in [0.2, 0.25) is 0 Å². The average molecular weight is 358 g/mol. The van der Waals surface area contributed by atoms with Gasteiger partial charge in [-0.1, -0.05) is 0 Å². The third-order valence-electron chi connectivity index (χ3n) is 0.613. The number of carbonyl (C=O) groups is 1. The van der Waals surface area contributed by atoms with Crippen molar-refractivity contribution in [2.45, 2.75) is 53.1 Å². The summed E-state index contributed by atoms with van der Waals surface area (Å²) < 4.78 is 4.48. The number of aliphatic hydroxyl groups is 1. The molecule has 0 unspecified atom stereocenters. The van der Waals surface area contributed by atoms with E-state index < -0.39 is 22.6 Å². The molecule has 0 spiro atoms. The predicted octanol–water partition coefficient (Wildman–Crippen LogP) is 2.64. The Morgan fingerprint density at radius 1 is 1.05 bits per heavy atom. The van der Waals surface area contributed by atoms with Crippen LogP contribution in [0.25, 0.3) is 0 Å². The van der Waals surface area contributed by atoms with Gasteiger partial charge in [0.1, 0.15) is 0 Å². The first-order chi connectivity index (χ1) is 8.16. The van der Waals surface area contributed by atoms with Gasteiger partial charge in [-0.05, 0) is 53.1 Å². The molecule has 0 amide bonds. The molecule has 0 atom stereocenters. The van der Waals surface area contributed by atoms with E-state index >= 15 is 0 Å². The number of hydrogen-bond donors (Lipinski definition) is 3. The van der Waals surface area contributed by atoms with E-state index in [0.717, 1.165) is 6.08 Å². The van der Waals surface area contributed by atoms with Crippen molar-refractivity contribution in [3.05, 3.63) is 11.8 Å². The Balaban J connectivity index is -0.000000101. The topological polar surface area (TPSA) is 87.0 Å². The van der Waals surface area contributed by atoms with Crippen molar-refractivity contribution in [3.63, 3.8) is 0 Å². The normalized spacial score (nSPS) is 11.0. The first-order valence-corrected chi connectivity index (χ1v) is 13.0. The standard InChI is InChI=1S/C6H10O3.2C3H10OSi.Ti/c1-3-9-6(8)4-5(2)7;2*1-5(2,3)4;/h4,7H,3H2,1-2H3;2*4H,1-3H3;/b5-4-;;;. The second-order valence-electron chi connectivity index (χ2n) is 5.88. The van der Waals surface area contributed by atoms with Gasteiger partial charge in [-0.25, -0.2) is 4.79 Å². The molecule has 0 rings (SSSR count). The van der Waals surface area contributed by atoms with Gasteiger partial charge in [0.25, 0.3) is 0 Å². The molecule has 120 valence electrons. The summed E-state index contributed by atoms with van der Waals surface area (Å²) in [5, 5.41) is 8.51. The van der Waals surface area contributed by atoms with E-state index in [2.05, 4.69) is 4.74 Å². The van der Waals surface area contributed by atoms with Crippen molar-refractivity contribution in [1.29, 1.82) is 0 Å². The Kier molecular flexibility index (Phi) is 19.8. The molecule has 8 heteroatoms. The second kappa shape index (κ2) is 14.0. The number of allylic oxidation sites excluding steroid dienone is 1. The minimum Gasteiger partial charge on any atom is -0.512 e. The summed E-state index contributed by atoms with van der Waals surface area (Å²) in [6.45, 7) is 14.7. The molecular weight excluding hydrogens is 328 g/mol. The molecule has 0 radical (unpaired) electrons. The van der Waals surface area contributed by atoms with Crippen LogP contribution in [0.3, 0.4) is 0 Å². The Hall–Kier alpha value is 0.0781. The maximum atomic E-state index is 10.4. The molecule has 0 fully saturated rings. The van der Waals surface area contributed by atoms with E-state index in [0.29, 0.717) is 6.61 Å². The van der Waals surface area contributed by atoms with Crippen LogP contribution in [0.4, 0.5) is 0 Å². The molecule has 0 aromatic heterocycles. The molecule has 0 aliphatic carbocycles. The molecule has 0 aliphatic heterocycles. The zero-order valence-electron chi connectivity index (χ0n) is 13.9. The van der Waals surface area contributed by atoms with E-state index in [9.17, 15) is 4.79 Å². The second-order valence-corrected chi connectivity index (χ2v) is 14.6. The van der Waals surface area contributed by atoms with Crippen LogP contribution >= 0.6 is 0 Å². The van der Waals surface area contributed by atoms with Crippen molar-refractivity contribution in [3.8, 4) is 0 Å². The number of rotatable bonds is 2. The maximum absolute atomic E-state index is 10.4. The smallest absolute Gasteiger partial charge is 0.334 e. The van der Waals surface area contributed by atoms with E-state index in [1.54, 1.807) is 6.92 Å². The molecule has 0 saturated heterocycles. The first-order valence-electron chi connectivity index (χ1n) is 6.15. The zero-order valence-corrected chi connectivity index (χ0v) is 17.5. The van der Waals surface area contributed by atoms with E-state index in [4.69, 9.17) is 14.7 Å². The molecule has 0 aliphatic rings. The van der Waals surface area contributed by atoms with Crippen LogP contribution in [0.5, 0.6) is 0 Å². The fourth-order valence-electron chi connectivity index (χ4n) is 0.354. The molecule has 3 N–H and O–H groups in total. The number of esters is 1. The Labute approximate surface area is 140 Å². The molecule has 0 heterocycles. The van der Waals surface area contributed by atoms with Crippen LogP contribution in [-0.2, 0) is 31.2 Å². The van der Waals surface area contributed by atoms with Gasteiger partial charge in [0.15, 0.2) is 16.6 Å². The van der Waals surface area contributed by atoms with Crippen LogP contribution in [0.15, 0.2) is 11.8 Å². The number of aliphatic hydroxyl groups excluding tert-OH is 1. The molecule has 0 saturated carbocycles. The largest absolute Gasteiger partial charge is 0.512 e. The van der Waals surface area contributed by atoms with Gasteiger partial charge in [-0.2, -0.15) is 0 Å². The predicted molar refractivity (Wildman–Crippen MR) is 84.1 cm³/mol. The molecule has 0 aromatic rings. The van der Waals surface area contributed by atoms with Gasteiger partial charge in [-0.15, -0.1) is 0 Å². The number of carbonyl (C=O) groups excluding carboxylic acids is 1. The van der Waals surface area contributed by atoms with Gasteiger partial charge in [0.05, 0.1) is 18.4 Å². The molecule has 5 nitrogen and oxygen atoms in total. The Morgan fingerprint density at radius 3 is 1.45 bits per heavy atom. The first kappa shape index (κ1) is 28.3. The third-order valence-corrected chi connectivity index (χ3v) is 0.613. The van der Waals surface area contributed by atoms with E-state index in [1.807, 2.05) is 39.3 Å². The fourth-order valence-corrected chi connectivity index (χ4v) is 0.354. The Morgan fingerprint density at radius 2 is 1.30 bits per heavy atom. The van der Waals surface area contributed by atoms with E-state index in [-0.39, 0.29) is 27.5 Å². The van der Waals surface area contributed by atoms with Crippen molar-refractivity contribution in [2.24, 2.45) is 0 Å². The average Bonchev–Trinajstić information content (AvgIpc) is 1.94. The molecular formula is C12H30O5Si2Ti. The minimum atomic E-state index is -1.61. The molecule has 0 aromatic carbocycles. The summed E-state index contributed by atoms with van der Waals surface area (Å²) in [6.07, 6.45) is 1.03. The van der Waals surface area contributed by atoms with Crippen LogP contribution in [0.1, 0.15) is 13.8 Å². The number of hydrogen-bond acceptors (Lipinski definition) is 5. The van der Waals surface area contributed by atoms with Crippen molar-refractivity contribution < 1.29 is 45.9 Å². The van der Waals surface area contributed by atoms with E-state index in [1.165, 1.54) is 6.92 Å². The van der Waals surface area contributed by atoms with Gasteiger partial charge in [-0.3, -0.25) is 0 Å². The zero-order chi connectivity index (χ0) is 16.3. The summed E-state index contributed by atoms with van der Waals surface area (Å²) in [7, 11) is -3.22. The molecule has 20 heavy (non-hydrogen) atoms. The number of ether oxygens (including phenoxy) is 1. The fraction of sp³-hybridized carbons (Fsp3) is 0.750. The minimum absolute atomic E-state index is 0. The van der Waals surface area contributed by atoms with Crippen molar-refractivity contribution >= 4 is 22.6 Å². The summed E-state index contributed by atoms with van der Waals surface area (Å²) >= 11 is 0. The summed E-state index contributed by atoms with van der Waals surface area (Å²) in [5.74, 6) is -0.536. The summed E-state index contributed by atoms with van der Waals surface area (Å²) in [5.41, 5.74) is 0. The van der Waals surface area contributed by atoms with Crippen LogP contribution in [0, 0.1) is 0 Å². The van der Waals surface area contributed by atoms with Crippen molar-refractivity contribution in [2.75, 3.05) is 6.61 Å². The van der Waals surface area contributed by atoms with Crippen LogP contribution in [-0.4, -0.2) is 43.9 Å². The van der Waals surface area contributed by atoms with Gasteiger partial charge >= 0.3 is 5.97 Å². The molecule has 0 bridgehead atoms. The monoisotopic (exact) mass is 358 g/mol. The van der Waals surface area contributed by atoms with Crippen LogP contribution in [0.2, 0.25) is 39.3 Å².